The normalized spacial score (nSPS) is 13.2. The van der Waals surface area contributed by atoms with Crippen molar-refractivity contribution in [3.63, 3.8) is 0 Å². The highest BCUT2D eigenvalue weighted by atomic mass is 16.6. The zero-order valence-corrected chi connectivity index (χ0v) is 15.7. The first-order valence-electron chi connectivity index (χ1n) is 9.50. The number of aromatic nitrogens is 2. The van der Waals surface area contributed by atoms with Gasteiger partial charge in [0.05, 0.1) is 4.92 Å². The molecule has 0 unspecified atom stereocenters. The lowest BCUT2D eigenvalue weighted by Gasteiger charge is -2.22. The fraction of sp³-hybridized carbons (Fsp3) is 0.286. The number of nitrogens with zero attached hydrogens (tertiary/aromatic N) is 4. The topological polar surface area (TPSA) is 102 Å². The van der Waals surface area contributed by atoms with Crippen molar-refractivity contribution in [3.8, 4) is 11.4 Å². The molecule has 29 heavy (non-hydrogen) atoms. The first-order chi connectivity index (χ1) is 14.1. The van der Waals surface area contributed by atoms with Crippen molar-refractivity contribution < 1.29 is 14.2 Å². The molecule has 1 heterocycles. The molecule has 1 aliphatic carbocycles. The van der Waals surface area contributed by atoms with Crippen molar-refractivity contribution in [2.75, 3.05) is 6.54 Å². The van der Waals surface area contributed by atoms with Crippen LogP contribution in [0.25, 0.3) is 11.4 Å². The number of non-ortho nitro benzene ring substituents is 1. The standard InChI is InChI=1S/C21H20N4O4/c26-21(16-9-10-16)24(14-15-5-2-1-3-6-15)12-11-19-22-20(23-29-19)17-7-4-8-18(13-17)25(27)28/h1-8,13,16H,9-12,14H2. The van der Waals surface area contributed by atoms with E-state index < -0.39 is 4.92 Å². The molecule has 8 nitrogen and oxygen atoms in total. The van der Waals surface area contributed by atoms with E-state index >= 15 is 0 Å². The van der Waals surface area contributed by atoms with E-state index in [0.29, 0.717) is 36.8 Å². The molecule has 0 radical (unpaired) electrons. The van der Waals surface area contributed by atoms with Crippen LogP contribution in [0.1, 0.15) is 24.3 Å². The van der Waals surface area contributed by atoms with Gasteiger partial charge < -0.3 is 9.42 Å². The van der Waals surface area contributed by atoms with Crippen LogP contribution in [0.5, 0.6) is 0 Å². The van der Waals surface area contributed by atoms with Crippen LogP contribution in [-0.4, -0.2) is 32.4 Å². The SMILES string of the molecule is O=C(C1CC1)N(CCc1nc(-c2cccc([N+](=O)[O-])c2)no1)Cc1ccccc1. The quantitative estimate of drug-likeness (QED) is 0.428. The number of hydrogen-bond donors (Lipinski definition) is 0. The van der Waals surface area contributed by atoms with Crippen LogP contribution >= 0.6 is 0 Å². The number of benzene rings is 2. The third-order valence-corrected chi connectivity index (χ3v) is 4.83. The second-order valence-electron chi connectivity index (χ2n) is 7.09. The lowest BCUT2D eigenvalue weighted by atomic mass is 10.2. The molecular weight excluding hydrogens is 372 g/mol. The lowest BCUT2D eigenvalue weighted by Crippen LogP contribution is -2.33. The van der Waals surface area contributed by atoms with E-state index in [1.807, 2.05) is 35.2 Å². The van der Waals surface area contributed by atoms with Gasteiger partial charge in [-0.15, -0.1) is 0 Å². The molecule has 1 aliphatic rings. The van der Waals surface area contributed by atoms with Gasteiger partial charge in [0.15, 0.2) is 0 Å². The Morgan fingerprint density at radius 3 is 2.69 bits per heavy atom. The maximum absolute atomic E-state index is 12.7. The maximum atomic E-state index is 12.7. The van der Waals surface area contributed by atoms with E-state index in [9.17, 15) is 14.9 Å². The number of carbonyl (C=O) groups excluding carboxylic acids is 1. The predicted molar refractivity (Wildman–Crippen MR) is 105 cm³/mol. The minimum Gasteiger partial charge on any atom is -0.339 e. The summed E-state index contributed by atoms with van der Waals surface area (Å²) in [6.45, 7) is 1.02. The highest BCUT2D eigenvalue weighted by Gasteiger charge is 2.33. The van der Waals surface area contributed by atoms with Crippen molar-refractivity contribution >= 4 is 11.6 Å². The molecule has 1 saturated carbocycles. The van der Waals surface area contributed by atoms with Crippen molar-refractivity contribution in [1.82, 2.24) is 15.0 Å². The zero-order chi connectivity index (χ0) is 20.2. The lowest BCUT2D eigenvalue weighted by molar-refractivity contribution is -0.384. The molecular formula is C21H20N4O4. The summed E-state index contributed by atoms with van der Waals surface area (Å²) in [5.41, 5.74) is 1.56. The van der Waals surface area contributed by atoms with Crippen molar-refractivity contribution in [1.29, 1.82) is 0 Å². The molecule has 4 rings (SSSR count). The third-order valence-electron chi connectivity index (χ3n) is 4.83. The Bertz CT molecular complexity index is 1010. The fourth-order valence-corrected chi connectivity index (χ4v) is 3.12. The zero-order valence-electron chi connectivity index (χ0n) is 15.7. The number of carbonyl (C=O) groups is 1. The molecule has 8 heteroatoms. The molecule has 0 atom stereocenters. The van der Waals surface area contributed by atoms with Gasteiger partial charge in [-0.2, -0.15) is 4.98 Å². The van der Waals surface area contributed by atoms with E-state index in [2.05, 4.69) is 10.1 Å². The summed E-state index contributed by atoms with van der Waals surface area (Å²) in [7, 11) is 0. The fourth-order valence-electron chi connectivity index (χ4n) is 3.12. The second-order valence-corrected chi connectivity index (χ2v) is 7.09. The molecule has 1 aromatic heterocycles. The van der Waals surface area contributed by atoms with Crippen molar-refractivity contribution in [2.24, 2.45) is 5.92 Å². The van der Waals surface area contributed by atoms with Gasteiger partial charge in [-0.05, 0) is 18.4 Å². The first-order valence-corrected chi connectivity index (χ1v) is 9.50. The molecule has 0 aliphatic heterocycles. The smallest absolute Gasteiger partial charge is 0.270 e. The van der Waals surface area contributed by atoms with Crippen LogP contribution in [0.3, 0.4) is 0 Å². The van der Waals surface area contributed by atoms with E-state index in [1.165, 1.54) is 12.1 Å². The molecule has 0 spiro atoms. The molecule has 0 N–H and O–H groups in total. The van der Waals surface area contributed by atoms with Gasteiger partial charge in [0, 0.05) is 43.1 Å². The Balaban J connectivity index is 1.44. The van der Waals surface area contributed by atoms with Gasteiger partial charge in [-0.25, -0.2) is 0 Å². The average Bonchev–Trinajstić information content (AvgIpc) is 3.49. The summed E-state index contributed by atoms with van der Waals surface area (Å²) in [5.74, 6) is 0.981. The third kappa shape index (κ3) is 4.66. The minimum absolute atomic E-state index is 0.0297. The van der Waals surface area contributed by atoms with Gasteiger partial charge in [0.2, 0.25) is 17.6 Å². The van der Waals surface area contributed by atoms with Crippen LogP contribution in [-0.2, 0) is 17.8 Å². The van der Waals surface area contributed by atoms with Gasteiger partial charge in [-0.3, -0.25) is 14.9 Å². The first kappa shape index (κ1) is 18.8. The minimum atomic E-state index is -0.463. The molecule has 3 aromatic rings. The Morgan fingerprint density at radius 2 is 1.97 bits per heavy atom. The monoisotopic (exact) mass is 392 g/mol. The van der Waals surface area contributed by atoms with Crippen molar-refractivity contribution in [3.05, 3.63) is 76.2 Å². The summed E-state index contributed by atoms with van der Waals surface area (Å²) >= 11 is 0. The van der Waals surface area contributed by atoms with Gasteiger partial charge in [0.1, 0.15) is 0 Å². The Kier molecular flexibility index (Phi) is 5.33. The van der Waals surface area contributed by atoms with Gasteiger partial charge in [-0.1, -0.05) is 47.6 Å². The van der Waals surface area contributed by atoms with Gasteiger partial charge >= 0.3 is 0 Å². The summed E-state index contributed by atoms with van der Waals surface area (Å²) < 4.78 is 5.31. The summed E-state index contributed by atoms with van der Waals surface area (Å²) in [6, 6.07) is 16.0. The van der Waals surface area contributed by atoms with Crippen molar-refractivity contribution in [2.45, 2.75) is 25.8 Å². The second kappa shape index (κ2) is 8.22. The van der Waals surface area contributed by atoms with E-state index in [4.69, 9.17) is 4.52 Å². The molecule has 1 fully saturated rings. The average molecular weight is 392 g/mol. The number of hydrogen-bond acceptors (Lipinski definition) is 6. The summed E-state index contributed by atoms with van der Waals surface area (Å²) in [4.78, 5) is 29.3. The Labute approximate surface area is 167 Å². The highest BCUT2D eigenvalue weighted by molar-refractivity contribution is 5.81. The molecule has 0 bridgehead atoms. The molecule has 2 aromatic carbocycles. The van der Waals surface area contributed by atoms with Crippen LogP contribution in [0.2, 0.25) is 0 Å². The number of nitro groups is 1. The van der Waals surface area contributed by atoms with Crippen LogP contribution < -0.4 is 0 Å². The van der Waals surface area contributed by atoms with Crippen LogP contribution in [0.4, 0.5) is 5.69 Å². The Morgan fingerprint density at radius 1 is 1.17 bits per heavy atom. The maximum Gasteiger partial charge on any atom is 0.270 e. The molecule has 0 saturated heterocycles. The molecule has 148 valence electrons. The van der Waals surface area contributed by atoms with E-state index in [1.54, 1.807) is 12.1 Å². The number of nitro benzene ring substituents is 1. The van der Waals surface area contributed by atoms with E-state index in [-0.39, 0.29) is 17.5 Å². The summed E-state index contributed by atoms with van der Waals surface area (Å²) in [6.07, 6.45) is 2.32. The highest BCUT2D eigenvalue weighted by Crippen LogP contribution is 2.31. The van der Waals surface area contributed by atoms with E-state index in [0.717, 1.165) is 18.4 Å². The van der Waals surface area contributed by atoms with Gasteiger partial charge in [0.25, 0.3) is 5.69 Å². The van der Waals surface area contributed by atoms with Crippen LogP contribution in [0.15, 0.2) is 59.1 Å². The summed E-state index contributed by atoms with van der Waals surface area (Å²) in [5, 5.41) is 14.9. The number of rotatable bonds is 8. The van der Waals surface area contributed by atoms with Crippen LogP contribution in [0, 0.1) is 16.0 Å². The number of amides is 1. The Hall–Kier alpha value is -3.55. The largest absolute Gasteiger partial charge is 0.339 e. The predicted octanol–water partition coefficient (Wildman–Crippen LogP) is 3.63. The molecule has 1 amide bonds.